The maximum Gasteiger partial charge on any atom is 0.416 e. The third kappa shape index (κ3) is 5.57. The third-order valence-electron chi connectivity index (χ3n) is 7.90. The van der Waals surface area contributed by atoms with Crippen LogP contribution in [0.25, 0.3) is 0 Å². The molecule has 7 nitrogen and oxygen atoms in total. The Balaban J connectivity index is 1.39. The van der Waals surface area contributed by atoms with Crippen molar-refractivity contribution in [1.29, 1.82) is 0 Å². The van der Waals surface area contributed by atoms with E-state index in [1.54, 1.807) is 22.1 Å². The van der Waals surface area contributed by atoms with Gasteiger partial charge >= 0.3 is 6.18 Å². The fraction of sp³-hybridized carbons (Fsp3) is 0.552. The highest BCUT2D eigenvalue weighted by molar-refractivity contribution is 7.13. The summed E-state index contributed by atoms with van der Waals surface area (Å²) in [6.45, 7) is 14.8. The number of carbonyl (C=O) groups is 1. The second kappa shape index (κ2) is 10.4. The van der Waals surface area contributed by atoms with E-state index in [0.29, 0.717) is 50.3 Å². The van der Waals surface area contributed by atoms with E-state index in [1.165, 1.54) is 6.07 Å². The number of anilines is 2. The number of nitrogens with zero attached hydrogens (tertiary/aromatic N) is 6. The summed E-state index contributed by atoms with van der Waals surface area (Å²) >= 11 is 1.54. The van der Waals surface area contributed by atoms with Gasteiger partial charge in [-0.25, -0.2) is 4.98 Å². The predicted octanol–water partition coefficient (Wildman–Crippen LogP) is 5.57. The first-order valence-corrected chi connectivity index (χ1v) is 14.6. The van der Waals surface area contributed by atoms with Crippen LogP contribution < -0.4 is 9.80 Å². The van der Waals surface area contributed by atoms with Gasteiger partial charge in [-0.15, -0.1) is 11.3 Å². The molecule has 0 N–H and O–H groups in total. The molecular formula is C29H37F3N6OS. The second-order valence-corrected chi connectivity index (χ2v) is 12.8. The van der Waals surface area contributed by atoms with Crippen molar-refractivity contribution < 1.29 is 18.0 Å². The molecule has 0 bridgehead atoms. The number of fused-ring (bicyclic) bond motifs is 1. The minimum Gasteiger partial charge on any atom is -0.367 e. The van der Waals surface area contributed by atoms with Crippen LogP contribution in [-0.4, -0.2) is 57.8 Å². The van der Waals surface area contributed by atoms with Crippen LogP contribution in [0.4, 0.5) is 24.0 Å². The lowest BCUT2D eigenvalue weighted by atomic mass is 9.91. The van der Waals surface area contributed by atoms with Crippen LogP contribution in [0.1, 0.15) is 61.5 Å². The summed E-state index contributed by atoms with van der Waals surface area (Å²) in [6.07, 6.45) is -4.11. The van der Waals surface area contributed by atoms with Gasteiger partial charge in [-0.2, -0.15) is 18.3 Å². The van der Waals surface area contributed by atoms with Gasteiger partial charge in [0.15, 0.2) is 5.13 Å². The van der Waals surface area contributed by atoms with Gasteiger partial charge in [-0.1, -0.05) is 20.8 Å². The predicted molar refractivity (Wildman–Crippen MR) is 152 cm³/mol. The Kier molecular flexibility index (Phi) is 7.39. The fourth-order valence-corrected chi connectivity index (χ4v) is 6.82. The van der Waals surface area contributed by atoms with Crippen LogP contribution in [-0.2, 0) is 35.9 Å². The van der Waals surface area contributed by atoms with Crippen LogP contribution in [0.15, 0.2) is 23.6 Å². The van der Waals surface area contributed by atoms with Gasteiger partial charge in [-0.05, 0) is 56.5 Å². The molecule has 5 rings (SSSR count). The van der Waals surface area contributed by atoms with Crippen molar-refractivity contribution in [1.82, 2.24) is 19.7 Å². The second-order valence-electron chi connectivity index (χ2n) is 12.0. The SMILES string of the molecule is Cc1cc(C)n(CC(=O)N2CCN(c3ccc(C(F)(F)F)c4c3CN(c3nc(C(C)(C)C)cs3)CC4)C[C@H]2C)n1. The summed E-state index contributed by atoms with van der Waals surface area (Å²) in [4.78, 5) is 24.1. The van der Waals surface area contributed by atoms with E-state index in [2.05, 4.69) is 35.7 Å². The summed E-state index contributed by atoms with van der Waals surface area (Å²) in [5, 5.41) is 7.30. The van der Waals surface area contributed by atoms with E-state index in [0.717, 1.165) is 27.9 Å². The van der Waals surface area contributed by atoms with E-state index in [1.807, 2.05) is 37.1 Å². The Bertz CT molecular complexity index is 1410. The van der Waals surface area contributed by atoms with Gasteiger partial charge in [0.2, 0.25) is 5.91 Å². The number of halogens is 3. The Morgan fingerprint density at radius 3 is 2.42 bits per heavy atom. The van der Waals surface area contributed by atoms with Gasteiger partial charge < -0.3 is 14.7 Å². The molecule has 2 aromatic heterocycles. The molecule has 3 aromatic rings. The molecule has 0 spiro atoms. The van der Waals surface area contributed by atoms with Gasteiger partial charge in [0, 0.05) is 60.9 Å². The zero-order valence-electron chi connectivity index (χ0n) is 24.0. The minimum atomic E-state index is -4.41. The first kappa shape index (κ1) is 28.4. The van der Waals surface area contributed by atoms with Gasteiger partial charge in [0.05, 0.1) is 17.0 Å². The smallest absolute Gasteiger partial charge is 0.367 e. The number of rotatable bonds is 4. The Morgan fingerprint density at radius 2 is 1.82 bits per heavy atom. The monoisotopic (exact) mass is 574 g/mol. The maximum atomic E-state index is 14.0. The molecule has 40 heavy (non-hydrogen) atoms. The Hall–Kier alpha value is -3.08. The Labute approximate surface area is 237 Å². The Morgan fingerprint density at radius 1 is 1.07 bits per heavy atom. The first-order chi connectivity index (χ1) is 18.7. The number of aromatic nitrogens is 3. The lowest BCUT2D eigenvalue weighted by molar-refractivity contribution is -0.138. The van der Waals surface area contributed by atoms with E-state index < -0.39 is 11.7 Å². The number of aryl methyl sites for hydroxylation is 2. The number of thiazole rings is 1. The van der Waals surface area contributed by atoms with Gasteiger partial charge in [0.1, 0.15) is 6.54 Å². The molecule has 1 aromatic carbocycles. The molecule has 11 heteroatoms. The standard InChI is InChI=1S/C29H37F3N6OS/c1-18-13-19(2)38(34-18)16-26(39)37-12-11-35(14-20(37)3)24-8-7-23(29(30,31)32)21-9-10-36(15-22(21)24)27-33-25(17-40-27)28(4,5)6/h7-8,13,17,20H,9-12,14-16H2,1-6H3/t20-/m1/s1. The molecule has 0 unspecified atom stereocenters. The van der Waals surface area contributed by atoms with Crippen molar-refractivity contribution in [3.05, 3.63) is 57.4 Å². The zero-order valence-corrected chi connectivity index (χ0v) is 24.8. The topological polar surface area (TPSA) is 57.5 Å². The summed E-state index contributed by atoms with van der Waals surface area (Å²) in [5.41, 5.74) is 4.05. The summed E-state index contributed by atoms with van der Waals surface area (Å²) in [7, 11) is 0. The van der Waals surface area contributed by atoms with Crippen LogP contribution >= 0.6 is 11.3 Å². The van der Waals surface area contributed by atoms with Crippen molar-refractivity contribution in [3.63, 3.8) is 0 Å². The van der Waals surface area contributed by atoms with Crippen LogP contribution in [0.3, 0.4) is 0 Å². The van der Waals surface area contributed by atoms with E-state index >= 15 is 0 Å². The largest absolute Gasteiger partial charge is 0.416 e. The lowest BCUT2D eigenvalue weighted by Gasteiger charge is -2.43. The van der Waals surface area contributed by atoms with Crippen molar-refractivity contribution in [2.24, 2.45) is 0 Å². The molecule has 1 amide bonds. The molecule has 1 fully saturated rings. The average Bonchev–Trinajstić information content (AvgIpc) is 3.49. The van der Waals surface area contributed by atoms with E-state index in [4.69, 9.17) is 4.98 Å². The zero-order chi connectivity index (χ0) is 29.0. The quantitative estimate of drug-likeness (QED) is 0.408. The first-order valence-electron chi connectivity index (χ1n) is 13.7. The van der Waals surface area contributed by atoms with Crippen LogP contribution in [0.5, 0.6) is 0 Å². The maximum absolute atomic E-state index is 14.0. The number of carbonyl (C=O) groups excluding carboxylic acids is 1. The molecular weight excluding hydrogens is 537 g/mol. The van der Waals surface area contributed by atoms with Crippen LogP contribution in [0, 0.1) is 13.8 Å². The molecule has 0 radical (unpaired) electrons. The number of benzene rings is 1. The molecule has 2 aliphatic rings. The van der Waals surface area contributed by atoms with Crippen molar-refractivity contribution in [2.75, 3.05) is 36.0 Å². The average molecular weight is 575 g/mol. The molecule has 1 atom stereocenters. The lowest BCUT2D eigenvalue weighted by Crippen LogP contribution is -2.55. The van der Waals surface area contributed by atoms with E-state index in [-0.39, 0.29) is 23.9 Å². The molecule has 1 saturated heterocycles. The molecule has 4 heterocycles. The van der Waals surface area contributed by atoms with Crippen molar-refractivity contribution in [2.45, 2.75) is 78.7 Å². The summed E-state index contributed by atoms with van der Waals surface area (Å²) in [6, 6.07) is 4.70. The summed E-state index contributed by atoms with van der Waals surface area (Å²) < 4.78 is 43.8. The molecule has 2 aliphatic heterocycles. The highest BCUT2D eigenvalue weighted by Gasteiger charge is 2.38. The third-order valence-corrected chi connectivity index (χ3v) is 8.80. The van der Waals surface area contributed by atoms with Gasteiger partial charge in [0.25, 0.3) is 0 Å². The number of piperazine rings is 1. The van der Waals surface area contributed by atoms with E-state index in [9.17, 15) is 18.0 Å². The minimum absolute atomic E-state index is 0.00241. The van der Waals surface area contributed by atoms with Crippen molar-refractivity contribution in [3.8, 4) is 0 Å². The molecule has 216 valence electrons. The fourth-order valence-electron chi connectivity index (χ4n) is 5.74. The van der Waals surface area contributed by atoms with Crippen molar-refractivity contribution >= 4 is 28.1 Å². The normalized spacial score (nSPS) is 18.3. The summed E-state index contributed by atoms with van der Waals surface area (Å²) in [5.74, 6) is -0.00241. The highest BCUT2D eigenvalue weighted by Crippen LogP contribution is 2.41. The number of hydrogen-bond donors (Lipinski definition) is 0. The number of hydrogen-bond acceptors (Lipinski definition) is 6. The molecule has 0 saturated carbocycles. The van der Waals surface area contributed by atoms with Gasteiger partial charge in [-0.3, -0.25) is 9.48 Å². The molecule has 0 aliphatic carbocycles. The van der Waals surface area contributed by atoms with Crippen LogP contribution in [0.2, 0.25) is 0 Å². The number of amides is 1. The highest BCUT2D eigenvalue weighted by atomic mass is 32.1. The number of alkyl halides is 3.